The Morgan fingerprint density at radius 2 is 2.25 bits per heavy atom. The van der Waals surface area contributed by atoms with E-state index in [1.165, 1.54) is 6.92 Å². The lowest BCUT2D eigenvalue weighted by molar-refractivity contribution is -0.142. The highest BCUT2D eigenvalue weighted by atomic mass is 32.1. The zero-order chi connectivity index (χ0) is 9.40. The van der Waals surface area contributed by atoms with Crippen LogP contribution in [-0.4, -0.2) is 31.0 Å². The fourth-order valence-corrected chi connectivity index (χ4v) is 0.498. The minimum absolute atomic E-state index is 0.183. The van der Waals surface area contributed by atoms with Crippen molar-refractivity contribution in [3.63, 3.8) is 0 Å². The first-order valence-corrected chi connectivity index (χ1v) is 3.78. The number of thiocarbonyl (C=S) groups is 1. The average Bonchev–Trinajstić information content (AvgIpc) is 1.95. The van der Waals surface area contributed by atoms with Crippen LogP contribution in [0.4, 0.5) is 0 Å². The van der Waals surface area contributed by atoms with Crippen molar-refractivity contribution in [1.82, 2.24) is 5.32 Å². The van der Waals surface area contributed by atoms with E-state index in [0.29, 0.717) is 6.61 Å². The maximum Gasteiger partial charge on any atom is 0.302 e. The van der Waals surface area contributed by atoms with Crippen molar-refractivity contribution in [1.29, 1.82) is 0 Å². The molecule has 0 unspecified atom stereocenters. The van der Waals surface area contributed by atoms with E-state index in [4.69, 9.17) is 10.5 Å². The summed E-state index contributed by atoms with van der Waals surface area (Å²) in [5, 5.41) is 2.76. The molecule has 0 aromatic rings. The van der Waals surface area contributed by atoms with Gasteiger partial charge in [0.05, 0.1) is 6.61 Å². The Kier molecular flexibility index (Phi) is 6.31. The first kappa shape index (κ1) is 11.1. The third-order valence-electron chi connectivity index (χ3n) is 0.881. The van der Waals surface area contributed by atoms with Crippen LogP contribution < -0.4 is 11.1 Å². The standard InChI is InChI=1S/C6H12N2O3S/c1-5(9)11-3-2-10-4-8-6(7)12/h2-4H2,1H3,(H3,7,8,12). The summed E-state index contributed by atoms with van der Waals surface area (Å²) in [5.41, 5.74) is 5.11. The Labute approximate surface area is 76.2 Å². The van der Waals surface area contributed by atoms with E-state index in [2.05, 4.69) is 22.3 Å². The highest BCUT2D eigenvalue weighted by Gasteiger charge is 1.92. The highest BCUT2D eigenvalue weighted by Crippen LogP contribution is 1.77. The molecule has 0 spiro atoms. The van der Waals surface area contributed by atoms with Crippen molar-refractivity contribution >= 4 is 23.3 Å². The molecule has 0 aliphatic heterocycles. The molecule has 0 atom stereocenters. The molecule has 12 heavy (non-hydrogen) atoms. The van der Waals surface area contributed by atoms with Crippen molar-refractivity contribution in [2.45, 2.75) is 6.92 Å². The van der Waals surface area contributed by atoms with E-state index < -0.39 is 0 Å². The van der Waals surface area contributed by atoms with E-state index in [0.717, 1.165) is 0 Å². The second-order valence-corrected chi connectivity index (χ2v) is 2.37. The summed E-state index contributed by atoms with van der Waals surface area (Å²) < 4.78 is 9.53. The number of hydrogen-bond donors (Lipinski definition) is 2. The second kappa shape index (κ2) is 6.81. The minimum Gasteiger partial charge on any atom is -0.463 e. The Morgan fingerprint density at radius 1 is 1.58 bits per heavy atom. The molecule has 0 rings (SSSR count). The van der Waals surface area contributed by atoms with Gasteiger partial charge < -0.3 is 20.5 Å². The zero-order valence-corrected chi connectivity index (χ0v) is 7.65. The lowest BCUT2D eigenvalue weighted by atomic mass is 10.7. The maximum atomic E-state index is 10.3. The van der Waals surface area contributed by atoms with E-state index in [1.807, 2.05) is 0 Å². The monoisotopic (exact) mass is 192 g/mol. The molecule has 0 aromatic heterocycles. The molecule has 0 bridgehead atoms. The minimum atomic E-state index is -0.319. The Morgan fingerprint density at radius 3 is 2.75 bits per heavy atom. The first-order chi connectivity index (χ1) is 5.63. The average molecular weight is 192 g/mol. The summed E-state index contributed by atoms with van der Waals surface area (Å²) in [7, 11) is 0. The van der Waals surface area contributed by atoms with Crippen LogP contribution in [0.1, 0.15) is 6.92 Å². The number of nitrogens with one attached hydrogen (secondary N) is 1. The fraction of sp³-hybridized carbons (Fsp3) is 0.667. The zero-order valence-electron chi connectivity index (χ0n) is 6.83. The van der Waals surface area contributed by atoms with Crippen molar-refractivity contribution in [2.24, 2.45) is 5.73 Å². The number of carbonyl (C=O) groups excluding carboxylic acids is 1. The SMILES string of the molecule is CC(=O)OCCOCNC(N)=S. The lowest BCUT2D eigenvalue weighted by Gasteiger charge is -2.05. The molecular weight excluding hydrogens is 180 g/mol. The molecule has 0 aliphatic rings. The largest absolute Gasteiger partial charge is 0.463 e. The molecule has 0 radical (unpaired) electrons. The second-order valence-electron chi connectivity index (χ2n) is 1.93. The van der Waals surface area contributed by atoms with Gasteiger partial charge in [-0.1, -0.05) is 0 Å². The molecule has 3 N–H and O–H groups in total. The molecule has 5 nitrogen and oxygen atoms in total. The van der Waals surface area contributed by atoms with Gasteiger partial charge in [0.15, 0.2) is 5.11 Å². The molecule has 70 valence electrons. The summed E-state index contributed by atoms with van der Waals surface area (Å²) in [5.74, 6) is -0.319. The summed E-state index contributed by atoms with van der Waals surface area (Å²) in [6.45, 7) is 2.15. The number of rotatable bonds is 5. The van der Waals surface area contributed by atoms with Crippen molar-refractivity contribution in [3.05, 3.63) is 0 Å². The Hall–Kier alpha value is -0.880. The molecule has 0 aromatic carbocycles. The van der Waals surface area contributed by atoms with Crippen LogP contribution in [0.5, 0.6) is 0 Å². The molecule has 0 heterocycles. The molecular formula is C6H12N2O3S. The lowest BCUT2D eigenvalue weighted by Crippen LogP contribution is -2.31. The van der Waals surface area contributed by atoms with Gasteiger partial charge in [-0.05, 0) is 12.2 Å². The maximum absolute atomic E-state index is 10.3. The van der Waals surface area contributed by atoms with Crippen LogP contribution in [0.15, 0.2) is 0 Å². The molecule has 0 fully saturated rings. The van der Waals surface area contributed by atoms with Gasteiger partial charge in [0.1, 0.15) is 13.3 Å². The molecule has 0 amide bonds. The Balaban J connectivity index is 3.01. The smallest absolute Gasteiger partial charge is 0.302 e. The molecule has 0 saturated carbocycles. The third-order valence-corrected chi connectivity index (χ3v) is 1.03. The third kappa shape index (κ3) is 9.12. The topological polar surface area (TPSA) is 73.6 Å². The quantitative estimate of drug-likeness (QED) is 0.261. The van der Waals surface area contributed by atoms with Crippen LogP contribution in [0, 0.1) is 0 Å². The van der Waals surface area contributed by atoms with Gasteiger partial charge in [0.2, 0.25) is 0 Å². The predicted molar refractivity (Wildman–Crippen MR) is 47.4 cm³/mol. The van der Waals surface area contributed by atoms with Crippen molar-refractivity contribution in [3.8, 4) is 0 Å². The van der Waals surface area contributed by atoms with Crippen LogP contribution in [0.25, 0.3) is 0 Å². The summed E-state index contributed by atoms with van der Waals surface area (Å²) in [6.07, 6.45) is 0. The fourth-order valence-electron chi connectivity index (χ4n) is 0.439. The van der Waals surface area contributed by atoms with E-state index in [1.54, 1.807) is 0 Å². The summed E-state index contributed by atoms with van der Waals surface area (Å²) in [4.78, 5) is 10.3. The van der Waals surface area contributed by atoms with E-state index in [-0.39, 0.29) is 24.4 Å². The normalized spacial score (nSPS) is 9.08. The number of nitrogens with two attached hydrogens (primary N) is 1. The number of esters is 1. The van der Waals surface area contributed by atoms with Gasteiger partial charge in [-0.3, -0.25) is 4.79 Å². The van der Waals surface area contributed by atoms with E-state index in [9.17, 15) is 4.79 Å². The Bertz CT molecular complexity index is 145. The first-order valence-electron chi connectivity index (χ1n) is 3.37. The number of hydrogen-bond acceptors (Lipinski definition) is 4. The van der Waals surface area contributed by atoms with Gasteiger partial charge in [-0.15, -0.1) is 0 Å². The van der Waals surface area contributed by atoms with Gasteiger partial charge in [-0.25, -0.2) is 0 Å². The number of carbonyl (C=O) groups is 1. The molecule has 0 saturated heterocycles. The van der Waals surface area contributed by atoms with Crippen LogP contribution in [0.2, 0.25) is 0 Å². The van der Waals surface area contributed by atoms with E-state index >= 15 is 0 Å². The summed E-state index contributed by atoms with van der Waals surface area (Å²) >= 11 is 4.52. The predicted octanol–water partition coefficient (Wildman–Crippen LogP) is -0.643. The summed E-state index contributed by atoms with van der Waals surface area (Å²) in [6, 6.07) is 0. The van der Waals surface area contributed by atoms with Gasteiger partial charge in [0.25, 0.3) is 0 Å². The number of ether oxygens (including phenoxy) is 2. The van der Waals surface area contributed by atoms with Gasteiger partial charge in [-0.2, -0.15) is 0 Å². The molecule has 0 aliphatic carbocycles. The van der Waals surface area contributed by atoms with Gasteiger partial charge in [0, 0.05) is 6.92 Å². The molecule has 6 heteroatoms. The highest BCUT2D eigenvalue weighted by molar-refractivity contribution is 7.80. The van der Waals surface area contributed by atoms with Crippen LogP contribution in [0.3, 0.4) is 0 Å². The van der Waals surface area contributed by atoms with Gasteiger partial charge >= 0.3 is 5.97 Å². The van der Waals surface area contributed by atoms with Crippen LogP contribution in [-0.2, 0) is 14.3 Å². The van der Waals surface area contributed by atoms with Crippen LogP contribution >= 0.6 is 12.2 Å². The van der Waals surface area contributed by atoms with Crippen molar-refractivity contribution < 1.29 is 14.3 Å². The van der Waals surface area contributed by atoms with Crippen molar-refractivity contribution in [2.75, 3.05) is 19.9 Å².